The van der Waals surface area contributed by atoms with Crippen LogP contribution in [0.3, 0.4) is 0 Å². The monoisotopic (exact) mass is 255 g/mol. The Hall–Kier alpha value is -2.00. The topological polar surface area (TPSA) is 44.5 Å². The number of hydrogen-bond acceptors (Lipinski definition) is 3. The molecule has 0 amide bonds. The minimum atomic E-state index is -0.000128. The number of ether oxygens (including phenoxy) is 2. The molecule has 1 aliphatic rings. The van der Waals surface area contributed by atoms with Gasteiger partial charge in [-0.15, -0.1) is 0 Å². The van der Waals surface area contributed by atoms with E-state index in [0.29, 0.717) is 0 Å². The maximum Gasteiger partial charge on any atom is 0.128 e. The van der Waals surface area contributed by atoms with Gasteiger partial charge in [0.15, 0.2) is 0 Å². The summed E-state index contributed by atoms with van der Waals surface area (Å²) in [6, 6.07) is 16.0. The van der Waals surface area contributed by atoms with Gasteiger partial charge in [0.25, 0.3) is 0 Å². The van der Waals surface area contributed by atoms with Crippen LogP contribution in [0.2, 0.25) is 0 Å². The van der Waals surface area contributed by atoms with Crippen molar-refractivity contribution < 1.29 is 9.47 Å². The highest BCUT2D eigenvalue weighted by Crippen LogP contribution is 2.41. The Kier molecular flexibility index (Phi) is 3.13. The highest BCUT2D eigenvalue weighted by atomic mass is 16.5. The van der Waals surface area contributed by atoms with Gasteiger partial charge < -0.3 is 15.2 Å². The molecule has 19 heavy (non-hydrogen) atoms. The molecule has 98 valence electrons. The number of rotatable bonds is 2. The Morgan fingerprint density at radius 1 is 1.16 bits per heavy atom. The first-order chi connectivity index (χ1) is 9.28. The first-order valence-electron chi connectivity index (χ1n) is 6.43. The zero-order chi connectivity index (χ0) is 13.2. The highest BCUT2D eigenvalue weighted by molar-refractivity contribution is 5.44. The van der Waals surface area contributed by atoms with Gasteiger partial charge in [-0.1, -0.05) is 36.4 Å². The summed E-state index contributed by atoms with van der Waals surface area (Å²) < 4.78 is 11.3. The second-order valence-electron chi connectivity index (χ2n) is 4.76. The van der Waals surface area contributed by atoms with Gasteiger partial charge in [0, 0.05) is 24.1 Å². The molecule has 3 rings (SSSR count). The fourth-order valence-electron chi connectivity index (χ4n) is 2.48. The normalized spacial score (nSPS) is 21.4. The molecule has 0 aromatic heterocycles. The van der Waals surface area contributed by atoms with Crippen molar-refractivity contribution in [3.05, 3.63) is 59.7 Å². The van der Waals surface area contributed by atoms with E-state index in [1.807, 2.05) is 36.4 Å². The van der Waals surface area contributed by atoms with Crippen LogP contribution in [0.1, 0.15) is 29.7 Å². The Morgan fingerprint density at radius 3 is 2.68 bits per heavy atom. The SMILES string of the molecule is COc1ccc2c(c1)OC(c1ccccc1)C[C@@H]2N. The lowest BCUT2D eigenvalue weighted by molar-refractivity contribution is 0.161. The van der Waals surface area contributed by atoms with E-state index >= 15 is 0 Å². The van der Waals surface area contributed by atoms with Gasteiger partial charge in [0.2, 0.25) is 0 Å². The number of hydrogen-bond donors (Lipinski definition) is 1. The van der Waals surface area contributed by atoms with Crippen LogP contribution >= 0.6 is 0 Å². The molecule has 0 fully saturated rings. The number of nitrogens with two attached hydrogens (primary N) is 1. The van der Waals surface area contributed by atoms with Crippen LogP contribution < -0.4 is 15.2 Å². The smallest absolute Gasteiger partial charge is 0.128 e. The van der Waals surface area contributed by atoms with E-state index in [2.05, 4.69) is 12.1 Å². The maximum atomic E-state index is 6.24. The fourth-order valence-corrected chi connectivity index (χ4v) is 2.48. The van der Waals surface area contributed by atoms with Crippen LogP contribution in [0.25, 0.3) is 0 Å². The largest absolute Gasteiger partial charge is 0.497 e. The van der Waals surface area contributed by atoms with Crippen LogP contribution in [-0.2, 0) is 0 Å². The molecule has 3 nitrogen and oxygen atoms in total. The van der Waals surface area contributed by atoms with Gasteiger partial charge >= 0.3 is 0 Å². The summed E-state index contributed by atoms with van der Waals surface area (Å²) in [6.07, 6.45) is 0.805. The van der Waals surface area contributed by atoms with E-state index < -0.39 is 0 Å². The molecule has 2 atom stereocenters. The molecular formula is C16H17NO2. The fraction of sp³-hybridized carbons (Fsp3) is 0.250. The minimum absolute atomic E-state index is 0.000128. The lowest BCUT2D eigenvalue weighted by Gasteiger charge is -2.30. The summed E-state index contributed by atoms with van der Waals surface area (Å²) in [4.78, 5) is 0. The second kappa shape index (κ2) is 4.94. The van der Waals surface area contributed by atoms with Crippen LogP contribution in [0.15, 0.2) is 48.5 Å². The lowest BCUT2D eigenvalue weighted by Crippen LogP contribution is -2.24. The average Bonchev–Trinajstić information content (AvgIpc) is 2.47. The van der Waals surface area contributed by atoms with E-state index in [-0.39, 0.29) is 12.1 Å². The molecule has 2 aromatic rings. The minimum Gasteiger partial charge on any atom is -0.497 e. The highest BCUT2D eigenvalue weighted by Gasteiger charge is 2.27. The summed E-state index contributed by atoms with van der Waals surface area (Å²) in [5, 5.41) is 0. The summed E-state index contributed by atoms with van der Waals surface area (Å²) in [5.74, 6) is 1.62. The third-order valence-corrected chi connectivity index (χ3v) is 3.53. The van der Waals surface area contributed by atoms with Crippen LogP contribution in [0, 0.1) is 0 Å². The number of methoxy groups -OCH3 is 1. The molecule has 0 radical (unpaired) electrons. The van der Waals surface area contributed by atoms with Crippen molar-refractivity contribution in [2.24, 2.45) is 5.73 Å². The molecule has 2 N–H and O–H groups in total. The van der Waals surface area contributed by atoms with Gasteiger partial charge in [-0.3, -0.25) is 0 Å². The molecule has 0 saturated carbocycles. The molecule has 1 heterocycles. The predicted molar refractivity (Wildman–Crippen MR) is 74.4 cm³/mol. The van der Waals surface area contributed by atoms with Gasteiger partial charge in [-0.2, -0.15) is 0 Å². The van der Waals surface area contributed by atoms with Crippen LogP contribution in [0.5, 0.6) is 11.5 Å². The molecule has 0 spiro atoms. The van der Waals surface area contributed by atoms with Gasteiger partial charge in [-0.05, 0) is 11.6 Å². The summed E-state index contributed by atoms with van der Waals surface area (Å²) in [5.41, 5.74) is 8.45. The Balaban J connectivity index is 1.94. The zero-order valence-corrected chi connectivity index (χ0v) is 10.9. The molecule has 2 aromatic carbocycles. The van der Waals surface area contributed by atoms with Crippen LogP contribution in [-0.4, -0.2) is 7.11 Å². The van der Waals surface area contributed by atoms with Crippen LogP contribution in [0.4, 0.5) is 0 Å². The van der Waals surface area contributed by atoms with Crippen molar-refractivity contribution in [2.75, 3.05) is 7.11 Å². The van der Waals surface area contributed by atoms with Crippen molar-refractivity contribution in [3.8, 4) is 11.5 Å². The molecule has 0 saturated heterocycles. The van der Waals surface area contributed by atoms with Gasteiger partial charge in [0.1, 0.15) is 17.6 Å². The Bertz CT molecular complexity index is 568. The standard InChI is InChI=1S/C16H17NO2/c1-18-12-7-8-13-14(17)10-15(19-16(13)9-12)11-5-3-2-4-6-11/h2-9,14-15H,10,17H2,1H3/t14-,15?/m0/s1. The molecular weight excluding hydrogens is 238 g/mol. The van der Waals surface area contributed by atoms with Crippen molar-refractivity contribution in [1.82, 2.24) is 0 Å². The second-order valence-corrected chi connectivity index (χ2v) is 4.76. The van der Waals surface area contributed by atoms with Gasteiger partial charge in [0.05, 0.1) is 7.11 Å². The first kappa shape index (κ1) is 12.1. The molecule has 1 aliphatic heterocycles. The van der Waals surface area contributed by atoms with E-state index in [1.54, 1.807) is 7.11 Å². The third kappa shape index (κ3) is 2.29. The summed E-state index contributed by atoms with van der Waals surface area (Å²) in [7, 11) is 1.65. The quantitative estimate of drug-likeness (QED) is 0.896. The number of fused-ring (bicyclic) bond motifs is 1. The maximum absolute atomic E-state index is 6.24. The Morgan fingerprint density at radius 2 is 1.95 bits per heavy atom. The van der Waals surface area contributed by atoms with E-state index in [0.717, 1.165) is 29.0 Å². The lowest BCUT2D eigenvalue weighted by atomic mass is 9.93. The van der Waals surface area contributed by atoms with Crippen molar-refractivity contribution in [3.63, 3.8) is 0 Å². The van der Waals surface area contributed by atoms with Crippen molar-refractivity contribution in [2.45, 2.75) is 18.6 Å². The molecule has 0 aliphatic carbocycles. The first-order valence-corrected chi connectivity index (χ1v) is 6.43. The van der Waals surface area contributed by atoms with Crippen molar-refractivity contribution in [1.29, 1.82) is 0 Å². The molecule has 0 bridgehead atoms. The van der Waals surface area contributed by atoms with E-state index in [9.17, 15) is 0 Å². The summed E-state index contributed by atoms with van der Waals surface area (Å²) in [6.45, 7) is 0. The average molecular weight is 255 g/mol. The Labute approximate surface area is 113 Å². The van der Waals surface area contributed by atoms with Gasteiger partial charge in [-0.25, -0.2) is 0 Å². The molecule has 1 unspecified atom stereocenters. The third-order valence-electron chi connectivity index (χ3n) is 3.53. The molecule has 3 heteroatoms. The van der Waals surface area contributed by atoms with E-state index in [4.69, 9.17) is 15.2 Å². The zero-order valence-electron chi connectivity index (χ0n) is 10.9. The van der Waals surface area contributed by atoms with Crippen molar-refractivity contribution >= 4 is 0 Å². The number of benzene rings is 2. The predicted octanol–water partition coefficient (Wildman–Crippen LogP) is 3.22. The summed E-state index contributed by atoms with van der Waals surface area (Å²) >= 11 is 0. The van der Waals surface area contributed by atoms with E-state index in [1.165, 1.54) is 0 Å².